The zero-order valence-electron chi connectivity index (χ0n) is 12.4. The van der Waals surface area contributed by atoms with E-state index in [1.165, 1.54) is 0 Å². The average molecular weight is 293 g/mol. The Hall–Kier alpha value is -1.59. The van der Waals surface area contributed by atoms with E-state index in [-0.39, 0.29) is 18.1 Å². The molecule has 0 aromatic heterocycles. The molecule has 0 radical (unpaired) electrons. The second kappa shape index (κ2) is 7.43. The van der Waals surface area contributed by atoms with Crippen LogP contribution in [-0.4, -0.2) is 43.5 Å². The van der Waals surface area contributed by atoms with E-state index in [2.05, 4.69) is 5.32 Å². The molecule has 0 aliphatic heterocycles. The Bertz CT molecular complexity index is 469. The Morgan fingerprint density at radius 1 is 1.38 bits per heavy atom. The first kappa shape index (κ1) is 15.8. The summed E-state index contributed by atoms with van der Waals surface area (Å²) in [5.41, 5.74) is 0.252. The fourth-order valence-electron chi connectivity index (χ4n) is 2.76. The lowest BCUT2D eigenvalue weighted by Crippen LogP contribution is -2.43. The number of nitrogens with one attached hydrogen (secondary N) is 1. The van der Waals surface area contributed by atoms with Crippen molar-refractivity contribution in [2.75, 3.05) is 26.9 Å². The van der Waals surface area contributed by atoms with Crippen molar-refractivity contribution in [3.63, 3.8) is 0 Å². The van der Waals surface area contributed by atoms with Crippen LogP contribution in [0.4, 0.5) is 0 Å². The molecule has 1 saturated carbocycles. The van der Waals surface area contributed by atoms with Crippen LogP contribution in [0, 0.1) is 0 Å². The van der Waals surface area contributed by atoms with Crippen molar-refractivity contribution in [2.45, 2.75) is 31.3 Å². The number of amides is 1. The third kappa shape index (κ3) is 4.19. The van der Waals surface area contributed by atoms with Crippen LogP contribution in [-0.2, 0) is 4.74 Å². The number of hydrogen-bond donors (Lipinski definition) is 2. The summed E-state index contributed by atoms with van der Waals surface area (Å²) in [5, 5.41) is 11.9. The summed E-state index contributed by atoms with van der Waals surface area (Å²) in [6, 6.07) is 7.07. The molecular weight excluding hydrogens is 270 g/mol. The predicted octanol–water partition coefficient (Wildman–Crippen LogP) is 1.75. The standard InChI is InChI=1S/C16H23NO4/c1-20-14-6-4-5-13(11-14)15(19)17-12-16(21-10-9-18)7-2-3-8-16/h4-6,11,18H,2-3,7-10,12H2,1H3,(H,17,19). The maximum atomic E-state index is 12.2. The molecule has 116 valence electrons. The molecule has 1 aromatic rings. The monoisotopic (exact) mass is 293 g/mol. The van der Waals surface area contributed by atoms with Gasteiger partial charge in [0.05, 0.1) is 25.9 Å². The molecule has 5 nitrogen and oxygen atoms in total. The van der Waals surface area contributed by atoms with Gasteiger partial charge in [-0.2, -0.15) is 0 Å². The fourth-order valence-corrected chi connectivity index (χ4v) is 2.76. The molecular formula is C16H23NO4. The van der Waals surface area contributed by atoms with Gasteiger partial charge in [-0.1, -0.05) is 18.9 Å². The summed E-state index contributed by atoms with van der Waals surface area (Å²) >= 11 is 0. The van der Waals surface area contributed by atoms with Gasteiger partial charge in [0.15, 0.2) is 0 Å². The smallest absolute Gasteiger partial charge is 0.251 e. The highest BCUT2D eigenvalue weighted by molar-refractivity contribution is 5.94. The first-order valence-corrected chi connectivity index (χ1v) is 7.36. The lowest BCUT2D eigenvalue weighted by molar-refractivity contribution is -0.0511. The second-order valence-corrected chi connectivity index (χ2v) is 5.38. The lowest BCUT2D eigenvalue weighted by Gasteiger charge is -2.29. The molecule has 0 unspecified atom stereocenters. The minimum Gasteiger partial charge on any atom is -0.497 e. The van der Waals surface area contributed by atoms with Gasteiger partial charge >= 0.3 is 0 Å². The van der Waals surface area contributed by atoms with Gasteiger partial charge in [0.25, 0.3) is 5.91 Å². The molecule has 0 saturated heterocycles. The Morgan fingerprint density at radius 2 is 2.14 bits per heavy atom. The number of aliphatic hydroxyl groups is 1. The van der Waals surface area contributed by atoms with Crippen molar-refractivity contribution >= 4 is 5.91 Å². The summed E-state index contributed by atoms with van der Waals surface area (Å²) in [7, 11) is 1.58. The molecule has 0 spiro atoms. The number of carbonyl (C=O) groups excluding carboxylic acids is 1. The fraction of sp³-hybridized carbons (Fsp3) is 0.562. The molecule has 0 atom stereocenters. The summed E-state index contributed by atoms with van der Waals surface area (Å²) in [6.45, 7) is 0.795. The van der Waals surface area contributed by atoms with Crippen molar-refractivity contribution in [2.24, 2.45) is 0 Å². The van der Waals surface area contributed by atoms with Crippen molar-refractivity contribution < 1.29 is 19.4 Å². The first-order chi connectivity index (χ1) is 10.2. The Balaban J connectivity index is 1.95. The van der Waals surface area contributed by atoms with Crippen LogP contribution in [0.5, 0.6) is 5.75 Å². The van der Waals surface area contributed by atoms with Crippen LogP contribution in [0.2, 0.25) is 0 Å². The Morgan fingerprint density at radius 3 is 2.81 bits per heavy atom. The lowest BCUT2D eigenvalue weighted by atomic mass is 10.0. The Labute approximate surface area is 125 Å². The Kier molecular flexibility index (Phi) is 5.59. The van der Waals surface area contributed by atoms with Crippen LogP contribution in [0.25, 0.3) is 0 Å². The van der Waals surface area contributed by atoms with E-state index in [0.29, 0.717) is 24.5 Å². The summed E-state index contributed by atoms with van der Waals surface area (Å²) in [4.78, 5) is 12.2. The number of carbonyl (C=O) groups is 1. The van der Waals surface area contributed by atoms with Crippen molar-refractivity contribution in [1.82, 2.24) is 5.32 Å². The first-order valence-electron chi connectivity index (χ1n) is 7.36. The SMILES string of the molecule is COc1cccc(C(=O)NCC2(OCCO)CCCC2)c1. The van der Waals surface area contributed by atoms with Gasteiger partial charge in [-0.25, -0.2) is 0 Å². The van der Waals surface area contributed by atoms with E-state index in [0.717, 1.165) is 25.7 Å². The highest BCUT2D eigenvalue weighted by Crippen LogP contribution is 2.32. The van der Waals surface area contributed by atoms with E-state index in [4.69, 9.17) is 14.6 Å². The van der Waals surface area contributed by atoms with E-state index in [1.54, 1.807) is 31.4 Å². The van der Waals surface area contributed by atoms with Gasteiger partial charge in [-0.3, -0.25) is 4.79 Å². The zero-order valence-corrected chi connectivity index (χ0v) is 12.4. The molecule has 2 rings (SSSR count). The highest BCUT2D eigenvalue weighted by atomic mass is 16.5. The van der Waals surface area contributed by atoms with E-state index in [9.17, 15) is 4.79 Å². The van der Waals surface area contributed by atoms with Gasteiger partial charge in [0.2, 0.25) is 0 Å². The average Bonchev–Trinajstić information content (AvgIpc) is 3.00. The molecule has 21 heavy (non-hydrogen) atoms. The number of benzene rings is 1. The number of methoxy groups -OCH3 is 1. The number of rotatable bonds is 7. The molecule has 1 fully saturated rings. The van der Waals surface area contributed by atoms with Crippen LogP contribution in [0.1, 0.15) is 36.0 Å². The predicted molar refractivity (Wildman–Crippen MR) is 79.6 cm³/mol. The highest BCUT2D eigenvalue weighted by Gasteiger charge is 2.35. The van der Waals surface area contributed by atoms with Gasteiger partial charge in [-0.15, -0.1) is 0 Å². The zero-order chi connectivity index (χ0) is 15.1. The summed E-state index contributed by atoms with van der Waals surface area (Å²) in [6.07, 6.45) is 4.04. The van der Waals surface area contributed by atoms with E-state index >= 15 is 0 Å². The molecule has 2 N–H and O–H groups in total. The molecule has 1 aromatic carbocycles. The van der Waals surface area contributed by atoms with Crippen LogP contribution in [0.15, 0.2) is 24.3 Å². The van der Waals surface area contributed by atoms with Crippen molar-refractivity contribution in [1.29, 1.82) is 0 Å². The molecule has 1 aliphatic rings. The maximum absolute atomic E-state index is 12.2. The number of hydrogen-bond acceptors (Lipinski definition) is 4. The van der Waals surface area contributed by atoms with Gasteiger partial charge < -0.3 is 19.9 Å². The van der Waals surface area contributed by atoms with Gasteiger partial charge in [-0.05, 0) is 31.0 Å². The summed E-state index contributed by atoms with van der Waals surface area (Å²) in [5.74, 6) is 0.530. The normalized spacial score (nSPS) is 16.7. The summed E-state index contributed by atoms with van der Waals surface area (Å²) < 4.78 is 10.9. The second-order valence-electron chi connectivity index (χ2n) is 5.38. The molecule has 0 bridgehead atoms. The number of ether oxygens (including phenoxy) is 2. The van der Waals surface area contributed by atoms with E-state index in [1.807, 2.05) is 0 Å². The molecule has 1 amide bonds. The molecule has 1 aliphatic carbocycles. The third-order valence-electron chi connectivity index (χ3n) is 3.92. The van der Waals surface area contributed by atoms with Crippen LogP contribution >= 0.6 is 0 Å². The topological polar surface area (TPSA) is 67.8 Å². The van der Waals surface area contributed by atoms with E-state index < -0.39 is 0 Å². The van der Waals surface area contributed by atoms with Gasteiger partial charge in [0, 0.05) is 12.1 Å². The van der Waals surface area contributed by atoms with Crippen molar-refractivity contribution in [3.8, 4) is 5.75 Å². The van der Waals surface area contributed by atoms with Crippen LogP contribution in [0.3, 0.4) is 0 Å². The number of aliphatic hydroxyl groups excluding tert-OH is 1. The van der Waals surface area contributed by atoms with Gasteiger partial charge in [0.1, 0.15) is 5.75 Å². The maximum Gasteiger partial charge on any atom is 0.251 e. The van der Waals surface area contributed by atoms with Crippen LogP contribution < -0.4 is 10.1 Å². The minimum atomic E-state index is -0.322. The largest absolute Gasteiger partial charge is 0.497 e. The molecule has 0 heterocycles. The third-order valence-corrected chi connectivity index (χ3v) is 3.92. The minimum absolute atomic E-state index is 0.00554. The molecule has 5 heteroatoms. The van der Waals surface area contributed by atoms with Crippen molar-refractivity contribution in [3.05, 3.63) is 29.8 Å². The quantitative estimate of drug-likeness (QED) is 0.803.